The van der Waals surface area contributed by atoms with Gasteiger partial charge in [-0.25, -0.2) is 4.99 Å². The summed E-state index contributed by atoms with van der Waals surface area (Å²) in [5.41, 5.74) is 2.80. The molecular formula is C22H23ClN2O3S. The molecular weight excluding hydrogens is 408 g/mol. The van der Waals surface area contributed by atoms with Crippen LogP contribution in [0.5, 0.6) is 11.5 Å². The lowest BCUT2D eigenvalue weighted by atomic mass is 10.1. The molecule has 7 heteroatoms. The van der Waals surface area contributed by atoms with Crippen molar-refractivity contribution in [2.45, 2.75) is 27.2 Å². The van der Waals surface area contributed by atoms with E-state index in [1.54, 1.807) is 12.1 Å². The molecule has 152 valence electrons. The number of carbonyl (C=O) groups excluding carboxylic acids is 1. The molecule has 2 aromatic carbocycles. The van der Waals surface area contributed by atoms with E-state index in [-0.39, 0.29) is 5.91 Å². The summed E-state index contributed by atoms with van der Waals surface area (Å²) in [6.07, 6.45) is 2.75. The molecule has 1 amide bonds. The predicted molar refractivity (Wildman–Crippen MR) is 120 cm³/mol. The van der Waals surface area contributed by atoms with Crippen molar-refractivity contribution < 1.29 is 14.3 Å². The van der Waals surface area contributed by atoms with Gasteiger partial charge < -0.3 is 14.8 Å². The number of amidine groups is 1. The van der Waals surface area contributed by atoms with Crippen molar-refractivity contribution in [3.8, 4) is 11.5 Å². The molecule has 3 rings (SSSR count). The van der Waals surface area contributed by atoms with Crippen LogP contribution in [0, 0.1) is 0 Å². The van der Waals surface area contributed by atoms with Crippen molar-refractivity contribution in [3.05, 3.63) is 57.5 Å². The van der Waals surface area contributed by atoms with E-state index in [1.165, 1.54) is 17.3 Å². The number of halogens is 1. The number of carbonyl (C=O) groups is 1. The number of aliphatic imine (C=N–C) groups is 1. The van der Waals surface area contributed by atoms with Gasteiger partial charge >= 0.3 is 0 Å². The maximum atomic E-state index is 12.4. The van der Waals surface area contributed by atoms with Gasteiger partial charge in [0, 0.05) is 0 Å². The Labute approximate surface area is 180 Å². The maximum Gasteiger partial charge on any atom is 0.264 e. The molecule has 5 nitrogen and oxygen atoms in total. The van der Waals surface area contributed by atoms with E-state index >= 15 is 0 Å². The predicted octanol–water partition coefficient (Wildman–Crippen LogP) is 5.59. The molecule has 1 fully saturated rings. The Kier molecular flexibility index (Phi) is 7.23. The Morgan fingerprint density at radius 1 is 1.10 bits per heavy atom. The molecule has 0 saturated carbocycles. The second kappa shape index (κ2) is 9.85. The van der Waals surface area contributed by atoms with Gasteiger partial charge in [0.15, 0.2) is 16.7 Å². The van der Waals surface area contributed by atoms with Gasteiger partial charge in [0.25, 0.3) is 5.91 Å². The number of hydrogen-bond donors (Lipinski definition) is 1. The van der Waals surface area contributed by atoms with Crippen LogP contribution in [0.4, 0.5) is 5.69 Å². The van der Waals surface area contributed by atoms with Gasteiger partial charge in [0.1, 0.15) is 0 Å². The van der Waals surface area contributed by atoms with Gasteiger partial charge in [-0.15, -0.1) is 0 Å². The van der Waals surface area contributed by atoms with Crippen molar-refractivity contribution in [2.24, 2.45) is 4.99 Å². The van der Waals surface area contributed by atoms with Gasteiger partial charge in [-0.2, -0.15) is 0 Å². The zero-order chi connectivity index (χ0) is 20.8. The van der Waals surface area contributed by atoms with Crippen LogP contribution in [-0.2, 0) is 11.2 Å². The van der Waals surface area contributed by atoms with Gasteiger partial charge in [-0.3, -0.25) is 4.79 Å². The highest BCUT2D eigenvalue weighted by Crippen LogP contribution is 2.38. The lowest BCUT2D eigenvalue weighted by Crippen LogP contribution is -2.19. The summed E-state index contributed by atoms with van der Waals surface area (Å²) in [6, 6.07) is 11.5. The largest absolute Gasteiger partial charge is 0.490 e. The molecule has 1 N–H and O–H groups in total. The van der Waals surface area contributed by atoms with Crippen molar-refractivity contribution >= 4 is 46.2 Å². The van der Waals surface area contributed by atoms with Crippen LogP contribution >= 0.6 is 23.4 Å². The Hall–Kier alpha value is -2.44. The summed E-state index contributed by atoms with van der Waals surface area (Å²) < 4.78 is 11.2. The highest BCUT2D eigenvalue weighted by molar-refractivity contribution is 8.18. The number of thioether (sulfide) groups is 1. The minimum Gasteiger partial charge on any atom is -0.490 e. The molecule has 0 aliphatic carbocycles. The van der Waals surface area contributed by atoms with E-state index in [1.807, 2.05) is 44.2 Å². The van der Waals surface area contributed by atoms with E-state index in [0.717, 1.165) is 17.7 Å². The lowest BCUT2D eigenvalue weighted by molar-refractivity contribution is -0.115. The zero-order valence-electron chi connectivity index (χ0n) is 16.6. The van der Waals surface area contributed by atoms with Gasteiger partial charge in [-0.1, -0.05) is 30.7 Å². The van der Waals surface area contributed by atoms with E-state index in [2.05, 4.69) is 17.2 Å². The topological polar surface area (TPSA) is 59.9 Å². The van der Waals surface area contributed by atoms with Crippen LogP contribution in [0.25, 0.3) is 6.08 Å². The van der Waals surface area contributed by atoms with Crippen LogP contribution in [0.2, 0.25) is 5.02 Å². The van der Waals surface area contributed by atoms with Gasteiger partial charge in [0.05, 0.1) is 28.8 Å². The summed E-state index contributed by atoms with van der Waals surface area (Å²) >= 11 is 7.66. The minimum absolute atomic E-state index is 0.193. The standard InChI is InChI=1S/C22H23ClN2O3S/c1-4-14-7-9-16(10-8-14)24-22-25-21(26)19(29-22)13-15-11-17(23)20(28-6-3)18(12-15)27-5-2/h7-13H,4-6H2,1-3H3,(H,24,25,26)/b19-13-. The van der Waals surface area contributed by atoms with E-state index in [9.17, 15) is 4.79 Å². The first-order chi connectivity index (χ1) is 14.0. The molecule has 0 aromatic heterocycles. The fourth-order valence-corrected chi connectivity index (χ4v) is 3.89. The van der Waals surface area contributed by atoms with Crippen LogP contribution in [0.3, 0.4) is 0 Å². The molecule has 0 spiro atoms. The van der Waals surface area contributed by atoms with Gasteiger partial charge in [-0.05, 0) is 73.5 Å². The summed E-state index contributed by atoms with van der Waals surface area (Å²) in [4.78, 5) is 17.4. The van der Waals surface area contributed by atoms with E-state index < -0.39 is 0 Å². The number of benzene rings is 2. The SMILES string of the molecule is CCOc1cc(/C=C2\SC(=Nc3ccc(CC)cc3)NC2=O)cc(Cl)c1OCC. The van der Waals surface area contributed by atoms with Crippen molar-refractivity contribution in [1.29, 1.82) is 0 Å². The Morgan fingerprint density at radius 3 is 2.48 bits per heavy atom. The molecule has 1 aliphatic rings. The maximum absolute atomic E-state index is 12.4. The quantitative estimate of drug-likeness (QED) is 0.581. The van der Waals surface area contributed by atoms with Crippen molar-refractivity contribution in [2.75, 3.05) is 13.2 Å². The fourth-order valence-electron chi connectivity index (χ4n) is 2.77. The monoisotopic (exact) mass is 430 g/mol. The number of ether oxygens (including phenoxy) is 2. The normalized spacial score (nSPS) is 16.3. The third-order valence-electron chi connectivity index (χ3n) is 4.14. The number of rotatable bonds is 7. The van der Waals surface area contributed by atoms with Crippen molar-refractivity contribution in [3.63, 3.8) is 0 Å². The molecule has 2 aromatic rings. The zero-order valence-corrected chi connectivity index (χ0v) is 18.2. The molecule has 1 aliphatic heterocycles. The molecule has 0 radical (unpaired) electrons. The average molecular weight is 431 g/mol. The first kappa shape index (κ1) is 21.3. The number of aryl methyl sites for hydroxylation is 1. The number of nitrogens with zero attached hydrogens (tertiary/aromatic N) is 1. The van der Waals surface area contributed by atoms with Crippen LogP contribution < -0.4 is 14.8 Å². The Balaban J connectivity index is 1.84. The van der Waals surface area contributed by atoms with Crippen LogP contribution in [-0.4, -0.2) is 24.3 Å². The lowest BCUT2D eigenvalue weighted by Gasteiger charge is -2.13. The average Bonchev–Trinajstić information content (AvgIpc) is 3.04. The molecule has 0 unspecified atom stereocenters. The van der Waals surface area contributed by atoms with E-state index in [4.69, 9.17) is 21.1 Å². The minimum atomic E-state index is -0.193. The fraction of sp³-hybridized carbons (Fsp3) is 0.273. The molecule has 29 heavy (non-hydrogen) atoms. The second-order valence-corrected chi connectivity index (χ2v) is 7.64. The smallest absolute Gasteiger partial charge is 0.264 e. The highest BCUT2D eigenvalue weighted by Gasteiger charge is 2.24. The van der Waals surface area contributed by atoms with Gasteiger partial charge in [0.2, 0.25) is 0 Å². The molecule has 1 saturated heterocycles. The third-order valence-corrected chi connectivity index (χ3v) is 5.33. The van der Waals surface area contributed by atoms with Crippen LogP contribution in [0.15, 0.2) is 46.3 Å². The Bertz CT molecular complexity index is 955. The summed E-state index contributed by atoms with van der Waals surface area (Å²) in [5, 5.41) is 3.80. The first-order valence-corrected chi connectivity index (χ1v) is 10.7. The number of hydrogen-bond acceptors (Lipinski definition) is 5. The molecule has 0 bridgehead atoms. The number of amides is 1. The Morgan fingerprint density at radius 2 is 1.83 bits per heavy atom. The van der Waals surface area contributed by atoms with Crippen LogP contribution in [0.1, 0.15) is 31.9 Å². The summed E-state index contributed by atoms with van der Waals surface area (Å²) in [5.74, 6) is 0.878. The van der Waals surface area contributed by atoms with Crippen molar-refractivity contribution in [1.82, 2.24) is 5.32 Å². The van der Waals surface area contributed by atoms with E-state index in [0.29, 0.717) is 39.8 Å². The molecule has 1 heterocycles. The third kappa shape index (κ3) is 5.34. The second-order valence-electron chi connectivity index (χ2n) is 6.20. The summed E-state index contributed by atoms with van der Waals surface area (Å²) in [6.45, 7) is 6.86. The number of nitrogens with one attached hydrogen (secondary N) is 1. The molecule has 0 atom stereocenters. The first-order valence-electron chi connectivity index (χ1n) is 9.51. The highest BCUT2D eigenvalue weighted by atomic mass is 35.5. The summed E-state index contributed by atoms with van der Waals surface area (Å²) in [7, 11) is 0.